The Hall–Kier alpha value is -2.90. The van der Waals surface area contributed by atoms with Gasteiger partial charge in [0.2, 0.25) is 5.95 Å². The largest absolute Gasteiger partial charge is 0.486 e. The van der Waals surface area contributed by atoms with E-state index in [2.05, 4.69) is 25.6 Å². The molecule has 1 aromatic carbocycles. The van der Waals surface area contributed by atoms with E-state index < -0.39 is 0 Å². The van der Waals surface area contributed by atoms with Gasteiger partial charge in [-0.1, -0.05) is 18.1 Å². The number of aromatic nitrogens is 5. The second kappa shape index (κ2) is 5.87. The molecule has 1 aliphatic carbocycles. The predicted molar refractivity (Wildman–Crippen MR) is 91.3 cm³/mol. The summed E-state index contributed by atoms with van der Waals surface area (Å²) in [5.41, 5.74) is 2.16. The molecule has 0 amide bonds. The maximum Gasteiger partial charge on any atom is 0.225 e. The van der Waals surface area contributed by atoms with Crippen LogP contribution in [0.5, 0.6) is 11.5 Å². The van der Waals surface area contributed by atoms with E-state index in [0.29, 0.717) is 42.1 Å². The summed E-state index contributed by atoms with van der Waals surface area (Å²) >= 11 is 0. The topological polar surface area (TPSA) is 87.0 Å². The Bertz CT molecular complexity index is 919. The molecule has 2 aliphatic rings. The minimum Gasteiger partial charge on any atom is -0.486 e. The normalized spacial score (nSPS) is 17.1. The molecule has 5 rings (SSSR count). The first-order valence-corrected chi connectivity index (χ1v) is 8.62. The Balaban J connectivity index is 1.52. The Morgan fingerprint density at radius 3 is 2.80 bits per heavy atom. The van der Waals surface area contributed by atoms with Crippen molar-refractivity contribution in [2.45, 2.75) is 31.7 Å². The van der Waals surface area contributed by atoms with Crippen LogP contribution in [-0.4, -0.2) is 44.2 Å². The summed E-state index contributed by atoms with van der Waals surface area (Å²) in [6, 6.07) is 6.16. The summed E-state index contributed by atoms with van der Waals surface area (Å²) in [5, 5.41) is 11.8. The molecule has 25 heavy (non-hydrogen) atoms. The van der Waals surface area contributed by atoms with Crippen molar-refractivity contribution in [2.75, 3.05) is 18.5 Å². The van der Waals surface area contributed by atoms with Gasteiger partial charge in [0.1, 0.15) is 13.2 Å². The molecule has 2 aromatic heterocycles. The lowest BCUT2D eigenvalue weighted by atomic mass is 10.2. The third-order valence-corrected chi connectivity index (χ3v) is 4.65. The number of nitrogens with zero attached hydrogens (tertiary/aromatic N) is 5. The molecule has 0 atom stereocenters. The smallest absolute Gasteiger partial charge is 0.225 e. The quantitative estimate of drug-likeness (QED) is 0.784. The molecular weight excluding hydrogens is 320 g/mol. The number of anilines is 1. The number of rotatable bonds is 3. The van der Waals surface area contributed by atoms with Crippen LogP contribution in [0.1, 0.15) is 25.7 Å². The zero-order chi connectivity index (χ0) is 16.6. The van der Waals surface area contributed by atoms with Crippen LogP contribution in [0, 0.1) is 0 Å². The molecule has 8 heteroatoms. The second-order valence-corrected chi connectivity index (χ2v) is 6.36. The van der Waals surface area contributed by atoms with Gasteiger partial charge in [-0.25, -0.2) is 4.98 Å². The van der Waals surface area contributed by atoms with E-state index in [9.17, 15) is 0 Å². The minimum atomic E-state index is 0.455. The van der Waals surface area contributed by atoms with Gasteiger partial charge in [-0.2, -0.15) is 9.67 Å². The predicted octanol–water partition coefficient (Wildman–Crippen LogP) is 2.34. The fourth-order valence-corrected chi connectivity index (χ4v) is 3.39. The highest BCUT2D eigenvalue weighted by Crippen LogP contribution is 2.32. The van der Waals surface area contributed by atoms with E-state index in [1.54, 1.807) is 10.9 Å². The van der Waals surface area contributed by atoms with Crippen LogP contribution in [0.2, 0.25) is 0 Å². The van der Waals surface area contributed by atoms with E-state index >= 15 is 0 Å². The van der Waals surface area contributed by atoms with Crippen molar-refractivity contribution in [1.29, 1.82) is 0 Å². The summed E-state index contributed by atoms with van der Waals surface area (Å²) in [5.74, 6) is 2.09. The van der Waals surface area contributed by atoms with Crippen molar-refractivity contribution < 1.29 is 9.47 Å². The van der Waals surface area contributed by atoms with Gasteiger partial charge in [-0.15, -0.1) is 5.10 Å². The molecule has 0 bridgehead atoms. The average Bonchev–Trinajstić information content (AvgIpc) is 3.31. The third kappa shape index (κ3) is 2.63. The Labute approximate surface area is 144 Å². The average molecular weight is 338 g/mol. The van der Waals surface area contributed by atoms with Crippen LogP contribution in [0.15, 0.2) is 24.4 Å². The highest BCUT2D eigenvalue weighted by molar-refractivity contribution is 5.72. The number of benzene rings is 1. The van der Waals surface area contributed by atoms with Crippen molar-refractivity contribution in [3.63, 3.8) is 0 Å². The van der Waals surface area contributed by atoms with Gasteiger partial charge in [-0.3, -0.25) is 0 Å². The van der Waals surface area contributed by atoms with E-state index in [0.717, 1.165) is 11.4 Å². The Kier molecular flexibility index (Phi) is 3.39. The minimum absolute atomic E-state index is 0.455. The summed E-state index contributed by atoms with van der Waals surface area (Å²) in [4.78, 5) is 9.00. The molecule has 0 spiro atoms. The molecule has 3 aromatic rings. The molecule has 3 heterocycles. The van der Waals surface area contributed by atoms with Gasteiger partial charge in [0.25, 0.3) is 0 Å². The van der Waals surface area contributed by atoms with Gasteiger partial charge in [0.05, 0.1) is 11.9 Å². The SMILES string of the molecule is c1cc2c(cc1-n1nnc3cnc(NC4CCCC4)nc31)OCCO2. The maximum atomic E-state index is 5.66. The number of nitrogens with one attached hydrogen (secondary N) is 1. The van der Waals surface area contributed by atoms with Crippen molar-refractivity contribution in [3.05, 3.63) is 24.4 Å². The number of hydrogen-bond donors (Lipinski definition) is 1. The molecule has 1 N–H and O–H groups in total. The third-order valence-electron chi connectivity index (χ3n) is 4.65. The van der Waals surface area contributed by atoms with E-state index in [4.69, 9.17) is 9.47 Å². The fraction of sp³-hybridized carbons (Fsp3) is 0.412. The van der Waals surface area contributed by atoms with Gasteiger partial charge < -0.3 is 14.8 Å². The zero-order valence-electron chi connectivity index (χ0n) is 13.7. The molecule has 0 saturated heterocycles. The van der Waals surface area contributed by atoms with Crippen LogP contribution in [0.4, 0.5) is 5.95 Å². The highest BCUT2D eigenvalue weighted by Gasteiger charge is 2.18. The van der Waals surface area contributed by atoms with Crippen molar-refractivity contribution >= 4 is 17.1 Å². The first-order valence-electron chi connectivity index (χ1n) is 8.62. The van der Waals surface area contributed by atoms with Crippen molar-refractivity contribution in [1.82, 2.24) is 25.0 Å². The molecule has 8 nitrogen and oxygen atoms in total. The Morgan fingerprint density at radius 2 is 1.92 bits per heavy atom. The van der Waals surface area contributed by atoms with Gasteiger partial charge in [0, 0.05) is 12.1 Å². The molecule has 1 aliphatic heterocycles. The fourth-order valence-electron chi connectivity index (χ4n) is 3.39. The number of hydrogen-bond acceptors (Lipinski definition) is 7. The van der Waals surface area contributed by atoms with E-state index in [1.165, 1.54) is 25.7 Å². The van der Waals surface area contributed by atoms with E-state index in [1.807, 2.05) is 18.2 Å². The van der Waals surface area contributed by atoms with Crippen LogP contribution in [0.3, 0.4) is 0 Å². The molecular formula is C17H18N6O2. The summed E-state index contributed by atoms with van der Waals surface area (Å²) in [6.45, 7) is 1.12. The van der Waals surface area contributed by atoms with Crippen LogP contribution >= 0.6 is 0 Å². The maximum absolute atomic E-state index is 5.66. The number of fused-ring (bicyclic) bond motifs is 2. The molecule has 1 saturated carbocycles. The monoisotopic (exact) mass is 338 g/mol. The lowest BCUT2D eigenvalue weighted by Gasteiger charge is -2.18. The highest BCUT2D eigenvalue weighted by atomic mass is 16.6. The second-order valence-electron chi connectivity index (χ2n) is 6.36. The van der Waals surface area contributed by atoms with E-state index in [-0.39, 0.29) is 0 Å². The van der Waals surface area contributed by atoms with Crippen molar-refractivity contribution in [3.8, 4) is 17.2 Å². The van der Waals surface area contributed by atoms with Gasteiger partial charge in [0.15, 0.2) is 22.7 Å². The van der Waals surface area contributed by atoms with Gasteiger partial charge in [-0.05, 0) is 25.0 Å². The lowest BCUT2D eigenvalue weighted by Crippen LogP contribution is -2.17. The van der Waals surface area contributed by atoms with Crippen LogP contribution in [-0.2, 0) is 0 Å². The lowest BCUT2D eigenvalue weighted by molar-refractivity contribution is 0.171. The summed E-state index contributed by atoms with van der Waals surface area (Å²) < 4.78 is 12.9. The molecule has 0 unspecified atom stereocenters. The number of ether oxygens (including phenoxy) is 2. The van der Waals surface area contributed by atoms with Crippen LogP contribution in [0.25, 0.3) is 16.9 Å². The first kappa shape index (κ1) is 14.4. The molecule has 1 fully saturated rings. The van der Waals surface area contributed by atoms with Crippen molar-refractivity contribution in [2.24, 2.45) is 0 Å². The first-order chi connectivity index (χ1) is 12.4. The van der Waals surface area contributed by atoms with Crippen LogP contribution < -0.4 is 14.8 Å². The molecule has 0 radical (unpaired) electrons. The Morgan fingerprint density at radius 1 is 1.08 bits per heavy atom. The molecule has 128 valence electrons. The standard InChI is InChI=1S/C17H18N6O2/c1-2-4-11(3-1)19-17-18-10-13-16(20-17)23(22-21-13)12-5-6-14-15(9-12)25-8-7-24-14/h5-6,9-11H,1-4,7-8H2,(H,18,19,20). The summed E-state index contributed by atoms with van der Waals surface area (Å²) in [6.07, 6.45) is 6.57. The summed E-state index contributed by atoms with van der Waals surface area (Å²) in [7, 11) is 0. The van der Waals surface area contributed by atoms with Gasteiger partial charge >= 0.3 is 0 Å². The zero-order valence-corrected chi connectivity index (χ0v) is 13.7.